The van der Waals surface area contributed by atoms with E-state index in [1.54, 1.807) is 18.2 Å². The Hall–Kier alpha value is -2.77. The molecule has 1 aromatic heterocycles. The van der Waals surface area contributed by atoms with E-state index >= 15 is 0 Å². The summed E-state index contributed by atoms with van der Waals surface area (Å²) in [6.07, 6.45) is 3.23. The van der Waals surface area contributed by atoms with Crippen molar-refractivity contribution < 1.29 is 19.1 Å². The van der Waals surface area contributed by atoms with Gasteiger partial charge in [0.2, 0.25) is 11.8 Å². The van der Waals surface area contributed by atoms with Crippen molar-refractivity contribution in [3.63, 3.8) is 0 Å². The quantitative estimate of drug-likeness (QED) is 0.638. The van der Waals surface area contributed by atoms with Gasteiger partial charge in [-0.15, -0.1) is 11.3 Å². The van der Waals surface area contributed by atoms with Crippen LogP contribution in [0.5, 0.6) is 0 Å². The Morgan fingerprint density at radius 3 is 2.71 bits per heavy atom. The number of hydrogen-bond acceptors (Lipinski definition) is 5. The van der Waals surface area contributed by atoms with Gasteiger partial charge in [-0.2, -0.15) is 0 Å². The molecule has 2 fully saturated rings. The number of carbonyl (C=O) groups excluding carboxylic acids is 3. The molecule has 4 heterocycles. The number of fused-ring (bicyclic) bond motifs is 5. The van der Waals surface area contributed by atoms with Gasteiger partial charge in [-0.25, -0.2) is 4.90 Å². The van der Waals surface area contributed by atoms with Crippen LogP contribution in [0.2, 0.25) is 0 Å². The lowest BCUT2D eigenvalue weighted by molar-refractivity contribution is -0.126. The third-order valence-electron chi connectivity index (χ3n) is 5.72. The van der Waals surface area contributed by atoms with Gasteiger partial charge in [-0.1, -0.05) is 35.9 Å². The van der Waals surface area contributed by atoms with Gasteiger partial charge in [0.1, 0.15) is 5.60 Å². The minimum atomic E-state index is -0.978. The lowest BCUT2D eigenvalue weighted by Crippen LogP contribution is -2.48. The fraction of sp³-hybridized carbons (Fsp3) is 0.286. The fourth-order valence-electron chi connectivity index (χ4n) is 4.37. The monoisotopic (exact) mass is 394 g/mol. The van der Waals surface area contributed by atoms with Crippen molar-refractivity contribution in [1.82, 2.24) is 5.32 Å². The average molecular weight is 394 g/mol. The van der Waals surface area contributed by atoms with E-state index < -0.39 is 23.5 Å². The molecule has 7 heteroatoms. The van der Waals surface area contributed by atoms with Crippen molar-refractivity contribution in [1.29, 1.82) is 0 Å². The van der Waals surface area contributed by atoms with E-state index in [4.69, 9.17) is 4.74 Å². The molecule has 0 aliphatic carbocycles. The molecule has 3 amide bonds. The number of hydrogen-bond donors (Lipinski definition) is 1. The second kappa shape index (κ2) is 6.12. The summed E-state index contributed by atoms with van der Waals surface area (Å²) in [5.41, 5.74) is 0.655. The van der Waals surface area contributed by atoms with Crippen LogP contribution in [0.15, 0.2) is 53.9 Å². The third-order valence-corrected chi connectivity index (χ3v) is 6.59. The molecule has 28 heavy (non-hydrogen) atoms. The Balaban J connectivity index is 1.42. The molecule has 1 aromatic carbocycles. The zero-order valence-corrected chi connectivity index (χ0v) is 15.9. The Kier molecular flexibility index (Phi) is 3.79. The van der Waals surface area contributed by atoms with Gasteiger partial charge >= 0.3 is 0 Å². The predicted molar refractivity (Wildman–Crippen MR) is 104 cm³/mol. The van der Waals surface area contributed by atoms with Crippen LogP contribution in [-0.4, -0.2) is 36.0 Å². The van der Waals surface area contributed by atoms with Crippen molar-refractivity contribution in [3.8, 4) is 0 Å². The summed E-state index contributed by atoms with van der Waals surface area (Å²) < 4.78 is 6.05. The highest BCUT2D eigenvalue weighted by Crippen LogP contribution is 2.52. The SMILES string of the molecule is Cc1ccc(N2C(=O)[C@H]3[C@@H]4C=C[C@@](CNC(=O)c5cccs5)(O4)[C@@H]3C2=O)cc1. The molecule has 3 aliphatic rings. The molecule has 0 saturated carbocycles. The number of ether oxygens (including phenoxy) is 1. The summed E-state index contributed by atoms with van der Waals surface area (Å²) in [6.45, 7) is 2.11. The number of amides is 3. The second-order valence-corrected chi connectivity index (χ2v) is 8.36. The molecule has 2 aromatic rings. The molecule has 2 saturated heterocycles. The first-order chi connectivity index (χ1) is 13.5. The number of imide groups is 1. The lowest BCUT2D eigenvalue weighted by atomic mass is 9.77. The van der Waals surface area contributed by atoms with Gasteiger partial charge in [0.05, 0.1) is 35.0 Å². The van der Waals surface area contributed by atoms with Crippen molar-refractivity contribution >= 4 is 34.7 Å². The highest BCUT2D eigenvalue weighted by Gasteiger charge is 2.67. The molecule has 142 valence electrons. The Morgan fingerprint density at radius 2 is 2.00 bits per heavy atom. The van der Waals surface area contributed by atoms with Crippen LogP contribution < -0.4 is 10.2 Å². The first-order valence-corrected chi connectivity index (χ1v) is 10.0. The minimum absolute atomic E-state index is 0.151. The smallest absolute Gasteiger partial charge is 0.261 e. The first kappa shape index (κ1) is 17.3. The maximum atomic E-state index is 13.2. The van der Waals surface area contributed by atoms with Crippen molar-refractivity contribution in [2.24, 2.45) is 11.8 Å². The zero-order chi connectivity index (χ0) is 19.5. The third kappa shape index (κ3) is 2.40. The van der Waals surface area contributed by atoms with Crippen LogP contribution in [-0.2, 0) is 14.3 Å². The summed E-state index contributed by atoms with van der Waals surface area (Å²) in [4.78, 5) is 40.5. The van der Waals surface area contributed by atoms with Gasteiger partial charge in [-0.05, 0) is 30.5 Å². The molecule has 0 spiro atoms. The maximum Gasteiger partial charge on any atom is 0.261 e. The molecule has 0 radical (unpaired) electrons. The standard InChI is InChI=1S/C21H18N2O4S/c1-12-4-6-13(7-5-12)23-19(25)16-14-8-9-21(27-14,17(16)20(23)26)11-22-18(24)15-3-2-10-28-15/h2-10,14,16-17H,11H2,1H3,(H,22,24)/t14-,16-,17-,21-/m0/s1. The summed E-state index contributed by atoms with van der Waals surface area (Å²) in [6, 6.07) is 10.9. The Labute approximate surface area is 165 Å². The lowest BCUT2D eigenvalue weighted by Gasteiger charge is -2.29. The van der Waals surface area contributed by atoms with Crippen molar-refractivity contribution in [2.75, 3.05) is 11.4 Å². The summed E-state index contributed by atoms with van der Waals surface area (Å²) >= 11 is 1.35. The molecule has 6 nitrogen and oxygen atoms in total. The van der Waals surface area contributed by atoms with E-state index in [-0.39, 0.29) is 24.3 Å². The molecule has 4 atom stereocenters. The first-order valence-electron chi connectivity index (χ1n) is 9.13. The fourth-order valence-corrected chi connectivity index (χ4v) is 5.01. The Morgan fingerprint density at radius 1 is 1.21 bits per heavy atom. The van der Waals surface area contributed by atoms with Gasteiger partial charge in [-0.3, -0.25) is 14.4 Å². The van der Waals surface area contributed by atoms with E-state index in [1.165, 1.54) is 16.2 Å². The number of nitrogens with zero attached hydrogens (tertiary/aromatic N) is 1. The molecule has 1 N–H and O–H groups in total. The van der Waals surface area contributed by atoms with E-state index in [2.05, 4.69) is 5.32 Å². The van der Waals surface area contributed by atoms with Crippen LogP contribution >= 0.6 is 11.3 Å². The van der Waals surface area contributed by atoms with Gasteiger partial charge in [0.25, 0.3) is 5.91 Å². The molecule has 3 aliphatic heterocycles. The number of rotatable bonds is 4. The zero-order valence-electron chi connectivity index (χ0n) is 15.1. The van der Waals surface area contributed by atoms with Crippen LogP contribution in [0.4, 0.5) is 5.69 Å². The van der Waals surface area contributed by atoms with Crippen molar-refractivity contribution in [2.45, 2.75) is 18.6 Å². The van der Waals surface area contributed by atoms with E-state index in [9.17, 15) is 14.4 Å². The highest BCUT2D eigenvalue weighted by molar-refractivity contribution is 7.12. The van der Waals surface area contributed by atoms with Gasteiger partial charge in [0, 0.05) is 0 Å². The van der Waals surface area contributed by atoms with Gasteiger partial charge < -0.3 is 10.1 Å². The highest BCUT2D eigenvalue weighted by atomic mass is 32.1. The summed E-state index contributed by atoms with van der Waals surface area (Å²) in [5.74, 6) is -1.88. The molecule has 0 unspecified atom stereocenters. The van der Waals surface area contributed by atoms with Gasteiger partial charge in [0.15, 0.2) is 0 Å². The largest absolute Gasteiger partial charge is 0.360 e. The van der Waals surface area contributed by atoms with Crippen LogP contribution in [0.1, 0.15) is 15.2 Å². The van der Waals surface area contributed by atoms with Crippen LogP contribution in [0, 0.1) is 18.8 Å². The number of nitrogens with one attached hydrogen (secondary N) is 1. The molecule has 2 bridgehead atoms. The molecule has 5 rings (SSSR count). The average Bonchev–Trinajstić information content (AvgIpc) is 3.45. The van der Waals surface area contributed by atoms with Crippen molar-refractivity contribution in [3.05, 3.63) is 64.4 Å². The summed E-state index contributed by atoms with van der Waals surface area (Å²) in [5, 5.41) is 4.70. The minimum Gasteiger partial charge on any atom is -0.360 e. The maximum absolute atomic E-state index is 13.2. The molecular formula is C21H18N2O4S. The number of aryl methyl sites for hydroxylation is 1. The Bertz CT molecular complexity index is 998. The van der Waals surface area contributed by atoms with E-state index in [0.29, 0.717) is 10.6 Å². The van der Waals surface area contributed by atoms with Crippen LogP contribution in [0.25, 0.3) is 0 Å². The number of carbonyl (C=O) groups is 3. The predicted octanol–water partition coefficient (Wildman–Crippen LogP) is 2.30. The number of anilines is 1. The number of benzene rings is 1. The number of thiophene rings is 1. The van der Waals surface area contributed by atoms with Crippen LogP contribution in [0.3, 0.4) is 0 Å². The normalized spacial score (nSPS) is 30.2. The van der Waals surface area contributed by atoms with E-state index in [0.717, 1.165) is 5.56 Å². The summed E-state index contributed by atoms with van der Waals surface area (Å²) in [7, 11) is 0. The topological polar surface area (TPSA) is 75.7 Å². The molecular weight excluding hydrogens is 376 g/mol. The van der Waals surface area contributed by atoms with E-state index in [1.807, 2.05) is 42.7 Å². The second-order valence-electron chi connectivity index (χ2n) is 7.41.